The summed E-state index contributed by atoms with van der Waals surface area (Å²) in [4.78, 5) is 4.54. The molecule has 2 heterocycles. The molecule has 2 atom stereocenters. The third-order valence-electron chi connectivity index (χ3n) is 3.97. The standard InChI is InChI=1S/C16H21N3O/c1-3-17-15(16-18-9-10-19(16)2)13-8-11-20-14-7-5-4-6-12(13)14/h4-7,9-10,13,15,17H,3,8,11H2,1-2H3. The Bertz CT molecular complexity index is 579. The van der Waals surface area contributed by atoms with Crippen LogP contribution >= 0.6 is 0 Å². The van der Waals surface area contributed by atoms with Crippen LogP contribution in [0.25, 0.3) is 0 Å². The lowest BCUT2D eigenvalue weighted by atomic mass is 9.86. The smallest absolute Gasteiger partial charge is 0.126 e. The second kappa shape index (κ2) is 5.67. The molecule has 1 aromatic heterocycles. The van der Waals surface area contributed by atoms with E-state index >= 15 is 0 Å². The Morgan fingerprint density at radius 2 is 2.30 bits per heavy atom. The first kappa shape index (κ1) is 13.2. The number of benzene rings is 1. The van der Waals surface area contributed by atoms with Crippen molar-refractivity contribution in [3.63, 3.8) is 0 Å². The quantitative estimate of drug-likeness (QED) is 0.929. The molecule has 0 saturated carbocycles. The van der Waals surface area contributed by atoms with Gasteiger partial charge in [0.2, 0.25) is 0 Å². The van der Waals surface area contributed by atoms with E-state index in [4.69, 9.17) is 4.74 Å². The molecule has 0 amide bonds. The van der Waals surface area contributed by atoms with E-state index in [9.17, 15) is 0 Å². The van der Waals surface area contributed by atoms with Crippen LogP contribution in [0.3, 0.4) is 0 Å². The first-order valence-corrected chi connectivity index (χ1v) is 7.23. The van der Waals surface area contributed by atoms with Crippen molar-refractivity contribution in [3.05, 3.63) is 48.0 Å². The van der Waals surface area contributed by atoms with Crippen LogP contribution in [0.4, 0.5) is 0 Å². The summed E-state index contributed by atoms with van der Waals surface area (Å²) < 4.78 is 7.88. The van der Waals surface area contributed by atoms with Crippen LogP contribution in [-0.2, 0) is 7.05 Å². The summed E-state index contributed by atoms with van der Waals surface area (Å²) in [7, 11) is 2.05. The third-order valence-corrected chi connectivity index (χ3v) is 3.97. The van der Waals surface area contributed by atoms with Crippen LogP contribution in [0, 0.1) is 0 Å². The molecule has 2 unspecified atom stereocenters. The Kier molecular flexibility index (Phi) is 3.74. The van der Waals surface area contributed by atoms with Gasteiger partial charge in [-0.2, -0.15) is 0 Å². The van der Waals surface area contributed by atoms with E-state index in [0.717, 1.165) is 31.1 Å². The molecule has 1 N–H and O–H groups in total. The first-order chi connectivity index (χ1) is 9.81. The molecule has 0 fully saturated rings. The maximum Gasteiger partial charge on any atom is 0.126 e. The zero-order valence-electron chi connectivity index (χ0n) is 12.0. The molecule has 4 heteroatoms. The van der Waals surface area contributed by atoms with Crippen LogP contribution in [-0.4, -0.2) is 22.7 Å². The third kappa shape index (κ3) is 2.31. The maximum absolute atomic E-state index is 5.77. The molecule has 0 spiro atoms. The van der Waals surface area contributed by atoms with E-state index in [2.05, 4.69) is 47.0 Å². The largest absolute Gasteiger partial charge is 0.493 e. The van der Waals surface area contributed by atoms with Crippen molar-refractivity contribution < 1.29 is 4.74 Å². The predicted molar refractivity (Wildman–Crippen MR) is 78.9 cm³/mol. The van der Waals surface area contributed by atoms with E-state index < -0.39 is 0 Å². The topological polar surface area (TPSA) is 39.1 Å². The zero-order chi connectivity index (χ0) is 13.9. The van der Waals surface area contributed by atoms with Crippen LogP contribution < -0.4 is 10.1 Å². The van der Waals surface area contributed by atoms with Crippen molar-refractivity contribution in [1.82, 2.24) is 14.9 Å². The Labute approximate surface area is 119 Å². The number of nitrogens with zero attached hydrogens (tertiary/aromatic N) is 2. The van der Waals surface area contributed by atoms with Crippen molar-refractivity contribution in [1.29, 1.82) is 0 Å². The van der Waals surface area contributed by atoms with Gasteiger partial charge in [0.05, 0.1) is 12.6 Å². The molecule has 2 aromatic rings. The molecule has 106 valence electrons. The van der Waals surface area contributed by atoms with Crippen molar-refractivity contribution in [2.45, 2.75) is 25.3 Å². The minimum Gasteiger partial charge on any atom is -0.493 e. The lowest BCUT2D eigenvalue weighted by molar-refractivity contribution is 0.243. The number of para-hydroxylation sites is 1. The summed E-state index contributed by atoms with van der Waals surface area (Å²) in [5, 5.41) is 3.60. The average molecular weight is 271 g/mol. The van der Waals surface area contributed by atoms with Crippen molar-refractivity contribution in [2.75, 3.05) is 13.2 Å². The van der Waals surface area contributed by atoms with Crippen LogP contribution in [0.5, 0.6) is 5.75 Å². The number of aryl methyl sites for hydroxylation is 1. The molecule has 0 radical (unpaired) electrons. The number of nitrogens with one attached hydrogen (secondary N) is 1. The predicted octanol–water partition coefficient (Wildman–Crippen LogP) is 2.64. The van der Waals surface area contributed by atoms with Gasteiger partial charge < -0.3 is 14.6 Å². The SMILES string of the molecule is CCNC(c1nccn1C)C1CCOc2ccccc21. The van der Waals surface area contributed by atoms with E-state index in [-0.39, 0.29) is 6.04 Å². The highest BCUT2D eigenvalue weighted by molar-refractivity contribution is 5.39. The number of rotatable bonds is 4. The normalized spacial score (nSPS) is 19.2. The van der Waals surface area contributed by atoms with Gasteiger partial charge in [-0.15, -0.1) is 0 Å². The molecule has 20 heavy (non-hydrogen) atoms. The summed E-state index contributed by atoms with van der Waals surface area (Å²) in [5.41, 5.74) is 1.28. The monoisotopic (exact) mass is 271 g/mol. The highest BCUT2D eigenvalue weighted by Crippen LogP contribution is 2.40. The summed E-state index contributed by atoms with van der Waals surface area (Å²) >= 11 is 0. The second-order valence-electron chi connectivity index (χ2n) is 5.21. The summed E-state index contributed by atoms with van der Waals surface area (Å²) in [6.07, 6.45) is 4.89. The van der Waals surface area contributed by atoms with Gasteiger partial charge in [-0.05, 0) is 24.6 Å². The molecule has 0 bridgehead atoms. The van der Waals surface area contributed by atoms with E-state index in [1.165, 1.54) is 5.56 Å². The average Bonchev–Trinajstić information content (AvgIpc) is 2.90. The first-order valence-electron chi connectivity index (χ1n) is 7.23. The molecular formula is C16H21N3O. The highest BCUT2D eigenvalue weighted by atomic mass is 16.5. The van der Waals surface area contributed by atoms with Crippen LogP contribution in [0.2, 0.25) is 0 Å². The van der Waals surface area contributed by atoms with Crippen LogP contribution in [0.15, 0.2) is 36.7 Å². The summed E-state index contributed by atoms with van der Waals surface area (Å²) in [5.74, 6) is 2.51. The molecule has 1 aliphatic rings. The van der Waals surface area contributed by atoms with Crippen LogP contribution in [0.1, 0.15) is 36.7 Å². The fraction of sp³-hybridized carbons (Fsp3) is 0.438. The number of hydrogen-bond acceptors (Lipinski definition) is 3. The molecular weight excluding hydrogens is 250 g/mol. The molecule has 0 saturated heterocycles. The Morgan fingerprint density at radius 1 is 1.45 bits per heavy atom. The van der Waals surface area contributed by atoms with Crippen molar-refractivity contribution in [2.24, 2.45) is 7.05 Å². The van der Waals surface area contributed by atoms with Gasteiger partial charge in [0.15, 0.2) is 0 Å². The number of aromatic nitrogens is 2. The fourth-order valence-corrected chi connectivity index (χ4v) is 3.03. The maximum atomic E-state index is 5.77. The van der Waals surface area contributed by atoms with Gasteiger partial charge in [-0.3, -0.25) is 0 Å². The van der Waals surface area contributed by atoms with Crippen molar-refractivity contribution >= 4 is 0 Å². The zero-order valence-corrected chi connectivity index (χ0v) is 12.0. The summed E-state index contributed by atoms with van der Waals surface area (Å²) in [6, 6.07) is 8.58. The number of likely N-dealkylation sites (N-methyl/N-ethyl adjacent to an activating group) is 1. The Morgan fingerprint density at radius 3 is 3.05 bits per heavy atom. The van der Waals surface area contributed by atoms with Gasteiger partial charge in [0, 0.05) is 25.4 Å². The summed E-state index contributed by atoms with van der Waals surface area (Å²) in [6.45, 7) is 3.84. The Balaban J connectivity index is 1.99. The number of imidazole rings is 1. The minimum atomic E-state index is 0.227. The molecule has 0 aliphatic carbocycles. The van der Waals surface area contributed by atoms with Gasteiger partial charge in [-0.25, -0.2) is 4.98 Å². The lowest BCUT2D eigenvalue weighted by Gasteiger charge is -2.32. The van der Waals surface area contributed by atoms with E-state index in [1.807, 2.05) is 18.5 Å². The number of hydrogen-bond donors (Lipinski definition) is 1. The molecule has 4 nitrogen and oxygen atoms in total. The van der Waals surface area contributed by atoms with Gasteiger partial charge in [0.25, 0.3) is 0 Å². The van der Waals surface area contributed by atoms with Crippen molar-refractivity contribution in [3.8, 4) is 5.75 Å². The molecule has 1 aromatic carbocycles. The van der Waals surface area contributed by atoms with E-state index in [1.54, 1.807) is 0 Å². The lowest BCUT2D eigenvalue weighted by Crippen LogP contribution is -2.32. The minimum absolute atomic E-state index is 0.227. The Hall–Kier alpha value is -1.81. The second-order valence-corrected chi connectivity index (χ2v) is 5.21. The number of ether oxygens (including phenoxy) is 1. The van der Waals surface area contributed by atoms with Gasteiger partial charge >= 0.3 is 0 Å². The fourth-order valence-electron chi connectivity index (χ4n) is 3.03. The van der Waals surface area contributed by atoms with E-state index in [0.29, 0.717) is 5.92 Å². The highest BCUT2D eigenvalue weighted by Gasteiger charge is 2.31. The number of fused-ring (bicyclic) bond motifs is 1. The van der Waals surface area contributed by atoms with Gasteiger partial charge in [-0.1, -0.05) is 25.1 Å². The molecule has 1 aliphatic heterocycles. The molecule has 3 rings (SSSR count). The van der Waals surface area contributed by atoms with Gasteiger partial charge in [0.1, 0.15) is 11.6 Å².